The maximum Gasteiger partial charge on any atom is 0.162 e. The normalized spacial score (nSPS) is 47.5. The third-order valence-corrected chi connectivity index (χ3v) is 8.34. The van der Waals surface area contributed by atoms with E-state index in [0.29, 0.717) is 23.5 Å². The van der Waals surface area contributed by atoms with Crippen LogP contribution in [0.25, 0.3) is 0 Å². The number of Topliss-reactive ketones (excluding diaryl/α,β-unsaturated/α-hetero) is 1. The van der Waals surface area contributed by atoms with Crippen molar-refractivity contribution in [1.82, 2.24) is 0 Å². The van der Waals surface area contributed by atoms with Crippen LogP contribution in [0.4, 0.5) is 0 Å². The summed E-state index contributed by atoms with van der Waals surface area (Å²) in [7, 11) is 1.73. The summed E-state index contributed by atoms with van der Waals surface area (Å²) >= 11 is 0. The van der Waals surface area contributed by atoms with Crippen molar-refractivity contribution >= 4 is 11.6 Å². The van der Waals surface area contributed by atoms with Crippen LogP contribution in [0.1, 0.15) is 65.2 Å². The molecule has 0 saturated heterocycles. The molecule has 0 spiro atoms. The molecule has 3 saturated carbocycles. The Kier molecular flexibility index (Phi) is 3.80. The van der Waals surface area contributed by atoms with Gasteiger partial charge < -0.3 is 4.74 Å². The quantitative estimate of drug-likeness (QED) is 0.765. The van der Waals surface area contributed by atoms with Crippen molar-refractivity contribution in [2.24, 2.45) is 29.1 Å². The van der Waals surface area contributed by atoms with Gasteiger partial charge in [0.25, 0.3) is 0 Å². The summed E-state index contributed by atoms with van der Waals surface area (Å²) in [6, 6.07) is 0. The molecule has 0 aromatic carbocycles. The number of ketones is 2. The zero-order valence-electron chi connectivity index (χ0n) is 15.3. The number of fused-ring (bicyclic) bond motifs is 5. The van der Waals surface area contributed by atoms with Gasteiger partial charge in [0.1, 0.15) is 5.60 Å². The second kappa shape index (κ2) is 5.52. The third kappa shape index (κ3) is 2.00. The maximum absolute atomic E-state index is 12.5. The summed E-state index contributed by atoms with van der Waals surface area (Å²) < 4.78 is 5.93. The van der Waals surface area contributed by atoms with Crippen molar-refractivity contribution in [3.63, 3.8) is 0 Å². The van der Waals surface area contributed by atoms with Gasteiger partial charge in [0.2, 0.25) is 0 Å². The van der Waals surface area contributed by atoms with Crippen molar-refractivity contribution < 1.29 is 14.3 Å². The Morgan fingerprint density at radius 1 is 1.12 bits per heavy atom. The van der Waals surface area contributed by atoms with Gasteiger partial charge in [0.15, 0.2) is 11.6 Å². The van der Waals surface area contributed by atoms with E-state index in [2.05, 4.69) is 6.92 Å². The van der Waals surface area contributed by atoms with Crippen molar-refractivity contribution in [2.75, 3.05) is 7.11 Å². The number of carbonyl (C=O) groups is 2. The molecular formula is C21H30O3. The third-order valence-electron chi connectivity index (χ3n) is 8.34. The van der Waals surface area contributed by atoms with Gasteiger partial charge in [0.05, 0.1) is 0 Å². The lowest BCUT2D eigenvalue weighted by Crippen LogP contribution is -2.56. The van der Waals surface area contributed by atoms with Gasteiger partial charge in [-0.3, -0.25) is 9.59 Å². The molecule has 0 aromatic rings. The molecule has 132 valence electrons. The van der Waals surface area contributed by atoms with E-state index in [1.165, 1.54) is 18.4 Å². The summed E-state index contributed by atoms with van der Waals surface area (Å²) in [5.74, 6) is 3.19. The lowest BCUT2D eigenvalue weighted by Gasteiger charge is -2.55. The van der Waals surface area contributed by atoms with Crippen LogP contribution in [0.3, 0.4) is 0 Å². The molecule has 0 heterocycles. The molecule has 0 radical (unpaired) electrons. The number of methoxy groups -OCH3 is 1. The van der Waals surface area contributed by atoms with Crippen LogP contribution in [0.5, 0.6) is 0 Å². The van der Waals surface area contributed by atoms with E-state index in [4.69, 9.17) is 4.74 Å². The van der Waals surface area contributed by atoms with E-state index >= 15 is 0 Å². The monoisotopic (exact) mass is 330 g/mol. The molecule has 24 heavy (non-hydrogen) atoms. The number of carbonyl (C=O) groups excluding carboxylic acids is 2. The Labute approximate surface area is 145 Å². The second-order valence-corrected chi connectivity index (χ2v) is 8.89. The first-order valence-corrected chi connectivity index (χ1v) is 9.72. The largest absolute Gasteiger partial charge is 0.370 e. The molecule has 4 rings (SSSR count). The van der Waals surface area contributed by atoms with Gasteiger partial charge in [-0.1, -0.05) is 12.5 Å². The SMILES string of the molecule is CO[C@]1(C(C)=O)CC[C@H]2[C@@H]3CCC4=CC(=O)CC[C@@H]4[C@H]3CC[C@@]21C. The molecule has 3 nitrogen and oxygen atoms in total. The molecule has 0 N–H and O–H groups in total. The number of hydrogen-bond donors (Lipinski definition) is 0. The molecular weight excluding hydrogens is 300 g/mol. The zero-order valence-corrected chi connectivity index (χ0v) is 15.3. The van der Waals surface area contributed by atoms with Crippen molar-refractivity contribution in [3.05, 3.63) is 11.6 Å². The smallest absolute Gasteiger partial charge is 0.162 e. The highest BCUT2D eigenvalue weighted by atomic mass is 16.5. The molecule has 0 bridgehead atoms. The molecule has 3 heteroatoms. The van der Waals surface area contributed by atoms with Gasteiger partial charge in [-0.15, -0.1) is 0 Å². The Bertz CT molecular complexity index is 606. The van der Waals surface area contributed by atoms with Crippen LogP contribution in [-0.4, -0.2) is 24.3 Å². The molecule has 6 atom stereocenters. The number of ether oxygens (including phenoxy) is 1. The lowest BCUT2D eigenvalue weighted by molar-refractivity contribution is -0.165. The lowest BCUT2D eigenvalue weighted by atomic mass is 9.50. The fourth-order valence-electron chi connectivity index (χ4n) is 7.24. The van der Waals surface area contributed by atoms with Gasteiger partial charge >= 0.3 is 0 Å². The highest BCUT2D eigenvalue weighted by molar-refractivity contribution is 5.91. The van der Waals surface area contributed by atoms with E-state index in [1.807, 2.05) is 6.08 Å². The predicted molar refractivity (Wildman–Crippen MR) is 92.5 cm³/mol. The average molecular weight is 330 g/mol. The van der Waals surface area contributed by atoms with Crippen LogP contribution >= 0.6 is 0 Å². The van der Waals surface area contributed by atoms with Crippen molar-refractivity contribution in [2.45, 2.75) is 70.8 Å². The van der Waals surface area contributed by atoms with E-state index in [9.17, 15) is 9.59 Å². The van der Waals surface area contributed by atoms with E-state index in [0.717, 1.165) is 44.4 Å². The topological polar surface area (TPSA) is 43.4 Å². The predicted octanol–water partition coefficient (Wildman–Crippen LogP) is 4.10. The Morgan fingerprint density at radius 3 is 2.62 bits per heavy atom. The van der Waals surface area contributed by atoms with Crippen LogP contribution in [-0.2, 0) is 14.3 Å². The van der Waals surface area contributed by atoms with Gasteiger partial charge in [-0.05, 0) is 81.6 Å². The van der Waals surface area contributed by atoms with Crippen molar-refractivity contribution in [3.8, 4) is 0 Å². The summed E-state index contributed by atoms with van der Waals surface area (Å²) in [4.78, 5) is 24.3. The van der Waals surface area contributed by atoms with Crippen LogP contribution in [0.15, 0.2) is 11.6 Å². The first-order chi connectivity index (χ1) is 11.4. The number of hydrogen-bond acceptors (Lipinski definition) is 3. The molecule has 0 aliphatic heterocycles. The summed E-state index contributed by atoms with van der Waals surface area (Å²) in [5, 5.41) is 0. The first kappa shape index (κ1) is 16.5. The highest BCUT2D eigenvalue weighted by Crippen LogP contribution is 2.65. The van der Waals surface area contributed by atoms with Crippen LogP contribution < -0.4 is 0 Å². The molecule has 0 amide bonds. The van der Waals surface area contributed by atoms with E-state index in [-0.39, 0.29) is 11.2 Å². The van der Waals surface area contributed by atoms with Crippen LogP contribution in [0.2, 0.25) is 0 Å². The minimum absolute atomic E-state index is 0.0134. The number of allylic oxidation sites excluding steroid dienone is 1. The van der Waals surface area contributed by atoms with E-state index in [1.54, 1.807) is 14.0 Å². The summed E-state index contributed by atoms with van der Waals surface area (Å²) in [6.07, 6.45) is 10.3. The van der Waals surface area contributed by atoms with Crippen LogP contribution in [0, 0.1) is 29.1 Å². The fraction of sp³-hybridized carbons (Fsp3) is 0.810. The van der Waals surface area contributed by atoms with E-state index < -0.39 is 5.60 Å². The summed E-state index contributed by atoms with van der Waals surface area (Å²) in [6.45, 7) is 4.04. The van der Waals surface area contributed by atoms with Gasteiger partial charge in [-0.2, -0.15) is 0 Å². The minimum atomic E-state index is -0.568. The summed E-state index contributed by atoms with van der Waals surface area (Å²) in [5.41, 5.74) is 0.848. The minimum Gasteiger partial charge on any atom is -0.370 e. The Morgan fingerprint density at radius 2 is 1.92 bits per heavy atom. The first-order valence-electron chi connectivity index (χ1n) is 9.72. The molecule has 4 aliphatic carbocycles. The molecule has 3 fully saturated rings. The van der Waals surface area contributed by atoms with Gasteiger partial charge in [0, 0.05) is 18.9 Å². The Hall–Kier alpha value is -0.960. The second-order valence-electron chi connectivity index (χ2n) is 8.89. The standard InChI is InChI=1S/C21H30O3/c1-13(22)21(24-3)11-9-19-18-6-4-14-12-15(23)5-7-16(14)17(18)8-10-20(19,21)2/h12,16-19H,4-11H2,1-3H3/t16-,17+,18+,19-,20-,21-/m0/s1. The maximum atomic E-state index is 12.5. The average Bonchev–Trinajstić information content (AvgIpc) is 2.87. The highest BCUT2D eigenvalue weighted by Gasteiger charge is 2.65. The molecule has 0 unspecified atom stereocenters. The molecule has 0 aromatic heterocycles. The zero-order chi connectivity index (χ0) is 17.1. The number of rotatable bonds is 2. The van der Waals surface area contributed by atoms with Crippen molar-refractivity contribution in [1.29, 1.82) is 0 Å². The fourth-order valence-corrected chi connectivity index (χ4v) is 7.24. The Balaban J connectivity index is 1.66. The van der Waals surface area contributed by atoms with Gasteiger partial charge in [-0.25, -0.2) is 0 Å². The molecule has 4 aliphatic rings.